The van der Waals surface area contributed by atoms with Crippen molar-refractivity contribution in [3.63, 3.8) is 0 Å². The normalized spacial score (nSPS) is 19.4. The first kappa shape index (κ1) is 18.1. The molecule has 1 aromatic heterocycles. The van der Waals surface area contributed by atoms with Crippen LogP contribution in [0.25, 0.3) is 11.1 Å². The van der Waals surface area contributed by atoms with Crippen LogP contribution >= 0.6 is 0 Å². The van der Waals surface area contributed by atoms with E-state index in [0.29, 0.717) is 5.92 Å². The Labute approximate surface area is 171 Å². The van der Waals surface area contributed by atoms with Gasteiger partial charge >= 0.3 is 0 Å². The van der Waals surface area contributed by atoms with Crippen LogP contribution in [-0.2, 0) is 13.1 Å². The molecular weight excluding hydrogens is 360 g/mol. The number of rotatable bonds is 3. The van der Waals surface area contributed by atoms with E-state index in [9.17, 15) is 5.11 Å². The summed E-state index contributed by atoms with van der Waals surface area (Å²) in [6, 6.07) is 19.4. The molecule has 0 saturated carbocycles. The van der Waals surface area contributed by atoms with Crippen LogP contribution in [0.3, 0.4) is 0 Å². The molecule has 0 amide bonds. The topological polar surface area (TPSA) is 52.5 Å². The van der Waals surface area contributed by atoms with Gasteiger partial charge in [-0.15, -0.1) is 0 Å². The summed E-state index contributed by atoms with van der Waals surface area (Å²) in [5.74, 6) is 2.20. The van der Waals surface area contributed by atoms with E-state index in [1.165, 1.54) is 22.3 Å². The maximum atomic E-state index is 9.92. The quantitative estimate of drug-likeness (QED) is 0.741. The average molecular weight is 386 g/mol. The molecule has 5 rings (SSSR count). The molecule has 2 aromatic carbocycles. The zero-order valence-electron chi connectivity index (χ0n) is 16.7. The van der Waals surface area contributed by atoms with Gasteiger partial charge in [-0.3, -0.25) is 0 Å². The Morgan fingerprint density at radius 2 is 1.48 bits per heavy atom. The lowest BCUT2D eigenvalue weighted by atomic mass is 9.97. The number of hydrogen-bond acceptors (Lipinski definition) is 5. The molecule has 5 nitrogen and oxygen atoms in total. The summed E-state index contributed by atoms with van der Waals surface area (Å²) in [5.41, 5.74) is 5.24. The fourth-order valence-corrected chi connectivity index (χ4v) is 4.54. The van der Waals surface area contributed by atoms with Crippen molar-refractivity contribution in [2.45, 2.75) is 32.5 Å². The number of aliphatic hydroxyl groups excluding tert-OH is 1. The van der Waals surface area contributed by atoms with Gasteiger partial charge in [-0.1, -0.05) is 48.5 Å². The van der Waals surface area contributed by atoms with Gasteiger partial charge in [0.25, 0.3) is 0 Å². The Morgan fingerprint density at radius 3 is 2.07 bits per heavy atom. The van der Waals surface area contributed by atoms with E-state index in [-0.39, 0.29) is 6.10 Å². The zero-order valence-corrected chi connectivity index (χ0v) is 16.7. The molecule has 5 heteroatoms. The highest BCUT2D eigenvalue weighted by Gasteiger charge is 2.27. The summed E-state index contributed by atoms with van der Waals surface area (Å²) < 4.78 is 0. The number of aromatic nitrogens is 2. The fraction of sp³-hybridized carbons (Fsp3) is 0.333. The highest BCUT2D eigenvalue weighted by Crippen LogP contribution is 2.34. The Balaban J connectivity index is 1.48. The minimum atomic E-state index is -0.278. The van der Waals surface area contributed by atoms with Crippen molar-refractivity contribution < 1.29 is 5.11 Å². The van der Waals surface area contributed by atoms with Gasteiger partial charge in [0.15, 0.2) is 0 Å². The van der Waals surface area contributed by atoms with Crippen LogP contribution in [0.1, 0.15) is 24.5 Å². The molecule has 2 aliphatic rings. The summed E-state index contributed by atoms with van der Waals surface area (Å²) in [7, 11) is 0. The maximum absolute atomic E-state index is 9.92. The van der Waals surface area contributed by atoms with Crippen LogP contribution in [0, 0.1) is 5.92 Å². The lowest BCUT2D eigenvalue weighted by molar-refractivity contribution is 0.136. The Kier molecular flexibility index (Phi) is 4.68. The van der Waals surface area contributed by atoms with Gasteiger partial charge in [0, 0.05) is 38.2 Å². The molecule has 0 bridgehead atoms. The van der Waals surface area contributed by atoms with Gasteiger partial charge in [0.2, 0.25) is 0 Å². The Hall–Kier alpha value is -2.92. The molecule has 1 saturated heterocycles. The second-order valence-corrected chi connectivity index (χ2v) is 8.14. The monoisotopic (exact) mass is 386 g/mol. The SMILES string of the molecule is CC(O)C1CCN(c2cc(N3Cc4ccccc4-c4ccccc4C3)ncn2)C1. The van der Waals surface area contributed by atoms with Crippen LogP contribution in [0.4, 0.5) is 11.6 Å². The van der Waals surface area contributed by atoms with Crippen LogP contribution in [-0.4, -0.2) is 34.3 Å². The molecule has 0 spiro atoms. The predicted octanol–water partition coefficient (Wildman–Crippen LogP) is 3.87. The highest BCUT2D eigenvalue weighted by atomic mass is 16.3. The van der Waals surface area contributed by atoms with Crippen molar-refractivity contribution in [3.05, 3.63) is 72.1 Å². The summed E-state index contributed by atoms with van der Waals surface area (Å²) in [5, 5.41) is 9.92. The summed E-state index contributed by atoms with van der Waals surface area (Å²) in [6.07, 6.45) is 2.39. The number of fused-ring (bicyclic) bond motifs is 3. The van der Waals surface area contributed by atoms with Crippen LogP contribution in [0.15, 0.2) is 60.9 Å². The van der Waals surface area contributed by atoms with Crippen LogP contribution < -0.4 is 9.80 Å². The van der Waals surface area contributed by atoms with Gasteiger partial charge < -0.3 is 14.9 Å². The molecule has 2 aliphatic heterocycles. The molecule has 0 aliphatic carbocycles. The number of aliphatic hydroxyl groups is 1. The van der Waals surface area contributed by atoms with Gasteiger partial charge in [0.1, 0.15) is 18.0 Å². The largest absolute Gasteiger partial charge is 0.393 e. The number of anilines is 2. The minimum absolute atomic E-state index is 0.278. The van der Waals surface area contributed by atoms with Crippen molar-refractivity contribution in [1.29, 1.82) is 0 Å². The first-order chi connectivity index (χ1) is 14.2. The number of benzene rings is 2. The van der Waals surface area contributed by atoms with Crippen LogP contribution in [0.5, 0.6) is 0 Å². The lowest BCUT2D eigenvalue weighted by Crippen LogP contribution is -2.26. The van der Waals surface area contributed by atoms with Gasteiger partial charge in [-0.05, 0) is 35.6 Å². The number of hydrogen-bond donors (Lipinski definition) is 1. The summed E-state index contributed by atoms with van der Waals surface area (Å²) in [6.45, 7) is 5.29. The van der Waals surface area contributed by atoms with Crippen LogP contribution in [0.2, 0.25) is 0 Å². The van der Waals surface area contributed by atoms with Crippen molar-refractivity contribution >= 4 is 11.6 Å². The average Bonchev–Trinajstić information content (AvgIpc) is 3.19. The minimum Gasteiger partial charge on any atom is -0.393 e. The molecule has 2 unspecified atom stereocenters. The Bertz CT molecular complexity index is 972. The molecule has 2 atom stereocenters. The van der Waals surface area contributed by atoms with E-state index in [4.69, 9.17) is 0 Å². The third-order valence-corrected chi connectivity index (χ3v) is 6.24. The zero-order chi connectivity index (χ0) is 19.8. The third kappa shape index (κ3) is 3.47. The fourth-order valence-electron chi connectivity index (χ4n) is 4.54. The predicted molar refractivity (Wildman–Crippen MR) is 116 cm³/mol. The highest BCUT2D eigenvalue weighted by molar-refractivity contribution is 5.73. The van der Waals surface area contributed by atoms with Crippen molar-refractivity contribution in [3.8, 4) is 11.1 Å². The van der Waals surface area contributed by atoms with Crippen molar-refractivity contribution in [1.82, 2.24) is 9.97 Å². The number of nitrogens with zero attached hydrogens (tertiary/aromatic N) is 4. The van der Waals surface area contributed by atoms with Crippen molar-refractivity contribution in [2.75, 3.05) is 22.9 Å². The van der Waals surface area contributed by atoms with E-state index < -0.39 is 0 Å². The maximum Gasteiger partial charge on any atom is 0.134 e. The van der Waals surface area contributed by atoms with Crippen molar-refractivity contribution in [2.24, 2.45) is 5.92 Å². The van der Waals surface area contributed by atoms with Gasteiger partial charge in [0.05, 0.1) is 6.10 Å². The van der Waals surface area contributed by atoms with E-state index in [1.54, 1.807) is 6.33 Å². The van der Waals surface area contributed by atoms with Gasteiger partial charge in [-0.25, -0.2) is 9.97 Å². The Morgan fingerprint density at radius 1 is 0.897 bits per heavy atom. The first-order valence-corrected chi connectivity index (χ1v) is 10.4. The molecule has 3 aromatic rings. The van der Waals surface area contributed by atoms with E-state index in [2.05, 4.69) is 74.4 Å². The molecule has 148 valence electrons. The molecule has 0 radical (unpaired) electrons. The summed E-state index contributed by atoms with van der Waals surface area (Å²) >= 11 is 0. The molecule has 1 N–H and O–H groups in total. The molecular formula is C24H26N4O. The van der Waals surface area contributed by atoms with E-state index in [0.717, 1.165) is 44.2 Å². The second kappa shape index (κ2) is 7.48. The first-order valence-electron chi connectivity index (χ1n) is 10.4. The second-order valence-electron chi connectivity index (χ2n) is 8.14. The standard InChI is InChI=1S/C24H26N4O/c1-17(29)18-10-11-27(13-18)23-12-24(26-16-25-23)28-14-19-6-2-4-8-21(19)22-9-5-3-7-20(22)15-28/h2-9,12,16-18,29H,10-11,13-15H2,1H3. The molecule has 3 heterocycles. The van der Waals surface area contributed by atoms with Gasteiger partial charge in [-0.2, -0.15) is 0 Å². The smallest absolute Gasteiger partial charge is 0.134 e. The third-order valence-electron chi connectivity index (χ3n) is 6.24. The molecule has 29 heavy (non-hydrogen) atoms. The van der Waals surface area contributed by atoms with E-state index in [1.807, 2.05) is 6.92 Å². The lowest BCUT2D eigenvalue weighted by Gasteiger charge is -2.24. The molecule has 1 fully saturated rings. The summed E-state index contributed by atoms with van der Waals surface area (Å²) in [4.78, 5) is 13.7. The van der Waals surface area contributed by atoms with E-state index >= 15 is 0 Å².